The van der Waals surface area contributed by atoms with Crippen LogP contribution in [0.15, 0.2) is 237 Å². The molecule has 0 aliphatic carbocycles. The molecule has 0 fully saturated rings. The van der Waals surface area contributed by atoms with Crippen molar-refractivity contribution in [2.45, 2.75) is 0 Å². The van der Waals surface area contributed by atoms with Gasteiger partial charge in [0, 0.05) is 17.3 Å². The van der Waals surface area contributed by atoms with Gasteiger partial charge in [0.05, 0.1) is 22.8 Å². The lowest BCUT2D eigenvalue weighted by Crippen LogP contribution is -1.98. The van der Waals surface area contributed by atoms with Crippen LogP contribution in [0.3, 0.4) is 0 Å². The molecule has 0 aliphatic heterocycles. The molecule has 63 heavy (non-hydrogen) atoms. The lowest BCUT2D eigenvalue weighted by Gasteiger charge is -2.14. The van der Waals surface area contributed by atoms with Crippen molar-refractivity contribution in [1.29, 1.82) is 0 Å². The topological polar surface area (TPSA) is 56.5 Å². The maximum atomic E-state index is 5.27. The third kappa shape index (κ3) is 7.72. The van der Waals surface area contributed by atoms with Crippen molar-refractivity contribution in [3.05, 3.63) is 237 Å². The van der Waals surface area contributed by atoms with E-state index in [4.69, 9.17) is 15.2 Å². The van der Waals surface area contributed by atoms with Gasteiger partial charge in [-0.05, 0) is 146 Å². The van der Waals surface area contributed by atoms with E-state index in [2.05, 4.69) is 199 Å². The molecule has 0 saturated heterocycles. The van der Waals surface area contributed by atoms with Gasteiger partial charge in [0.2, 0.25) is 0 Å². The van der Waals surface area contributed by atoms with Crippen molar-refractivity contribution in [2.75, 3.05) is 0 Å². The summed E-state index contributed by atoms with van der Waals surface area (Å²) in [6, 6.07) is 80.8. The van der Waals surface area contributed by atoms with Crippen LogP contribution < -0.4 is 0 Å². The average Bonchev–Trinajstić information content (AvgIpc) is 3.82. The Kier molecular flexibility index (Phi) is 9.80. The van der Waals surface area contributed by atoms with Crippen molar-refractivity contribution in [2.24, 2.45) is 0 Å². The molecule has 0 unspecified atom stereocenters. The predicted octanol–water partition coefficient (Wildman–Crippen LogP) is 14.5. The molecule has 8 aromatic carbocycles. The van der Waals surface area contributed by atoms with Crippen LogP contribution in [-0.2, 0) is 0 Å². The number of hydrogen-bond donors (Lipinski definition) is 0. The Morgan fingerprint density at radius 1 is 0.286 bits per heavy atom. The summed E-state index contributed by atoms with van der Waals surface area (Å²) >= 11 is 0. The molecule has 5 heteroatoms. The second-order valence-corrected chi connectivity index (χ2v) is 15.6. The van der Waals surface area contributed by atoms with E-state index in [0.29, 0.717) is 0 Å². The molecule has 11 aromatic rings. The second-order valence-electron chi connectivity index (χ2n) is 15.6. The van der Waals surface area contributed by atoms with E-state index in [0.717, 1.165) is 106 Å². The fraction of sp³-hybridized carbons (Fsp3) is 0. The van der Waals surface area contributed by atoms with Gasteiger partial charge in [0.1, 0.15) is 11.0 Å². The molecule has 0 aliphatic rings. The fourth-order valence-corrected chi connectivity index (χ4v) is 8.31. The molecule has 0 radical (unpaired) electrons. The highest BCUT2D eigenvalue weighted by molar-refractivity contribution is 5.98. The maximum absolute atomic E-state index is 5.27. The van der Waals surface area contributed by atoms with E-state index in [1.54, 1.807) is 11.0 Å². The number of benzene rings is 8. The second kappa shape index (κ2) is 16.5. The third-order valence-corrected chi connectivity index (χ3v) is 11.5. The summed E-state index contributed by atoms with van der Waals surface area (Å²) in [7, 11) is 0. The maximum Gasteiger partial charge on any atom is 0.121 e. The van der Waals surface area contributed by atoms with E-state index < -0.39 is 0 Å². The quantitative estimate of drug-likeness (QED) is 0.146. The van der Waals surface area contributed by atoms with Gasteiger partial charge in [-0.15, -0.1) is 10.2 Å². The first kappa shape index (κ1) is 37.5. The molecule has 0 spiro atoms. The zero-order valence-corrected chi connectivity index (χ0v) is 34.3. The highest BCUT2D eigenvalue weighted by Crippen LogP contribution is 2.40. The Labute approximate surface area is 366 Å². The largest absolute Gasteiger partial charge is 0.255 e. The Bertz CT molecular complexity index is 3230. The van der Waals surface area contributed by atoms with Crippen LogP contribution in [0.1, 0.15) is 0 Å². The number of pyridine rings is 2. The first-order chi connectivity index (χ1) is 31.2. The van der Waals surface area contributed by atoms with E-state index in [1.165, 1.54) is 0 Å². The number of fused-ring (bicyclic) bond motifs is 1. The minimum atomic E-state index is 0.800. The van der Waals surface area contributed by atoms with Gasteiger partial charge in [0.15, 0.2) is 0 Å². The van der Waals surface area contributed by atoms with Gasteiger partial charge >= 0.3 is 0 Å². The smallest absolute Gasteiger partial charge is 0.121 e. The molecule has 0 saturated carbocycles. The highest BCUT2D eigenvalue weighted by atomic mass is 15.5. The number of aromatic nitrogens is 5. The normalized spacial score (nSPS) is 11.2. The Morgan fingerprint density at radius 2 is 0.730 bits per heavy atom. The van der Waals surface area contributed by atoms with E-state index in [1.807, 2.05) is 36.4 Å². The third-order valence-electron chi connectivity index (χ3n) is 11.5. The van der Waals surface area contributed by atoms with Crippen LogP contribution >= 0.6 is 0 Å². The predicted molar refractivity (Wildman–Crippen MR) is 258 cm³/mol. The molecule has 0 atom stereocenters. The Morgan fingerprint density at radius 3 is 1.24 bits per heavy atom. The van der Waals surface area contributed by atoms with Crippen molar-refractivity contribution in [1.82, 2.24) is 25.0 Å². The van der Waals surface area contributed by atoms with Crippen molar-refractivity contribution >= 4 is 11.0 Å². The van der Waals surface area contributed by atoms with Crippen molar-refractivity contribution in [3.63, 3.8) is 0 Å². The summed E-state index contributed by atoms with van der Waals surface area (Å²) in [5, 5.41) is 10.5. The minimum Gasteiger partial charge on any atom is -0.255 e. The molecule has 0 N–H and O–H groups in total. The van der Waals surface area contributed by atoms with Crippen molar-refractivity contribution < 1.29 is 0 Å². The summed E-state index contributed by atoms with van der Waals surface area (Å²) in [5.41, 5.74) is 19.4. The van der Waals surface area contributed by atoms with Gasteiger partial charge in [-0.25, -0.2) is 4.98 Å². The highest BCUT2D eigenvalue weighted by Gasteiger charge is 2.18. The summed E-state index contributed by atoms with van der Waals surface area (Å²) in [6.45, 7) is 0. The van der Waals surface area contributed by atoms with E-state index >= 15 is 0 Å². The zero-order valence-electron chi connectivity index (χ0n) is 34.3. The fourth-order valence-electron chi connectivity index (χ4n) is 8.31. The van der Waals surface area contributed by atoms with E-state index in [9.17, 15) is 0 Å². The van der Waals surface area contributed by atoms with Gasteiger partial charge in [-0.1, -0.05) is 146 Å². The molecule has 0 amide bonds. The molecule has 0 bridgehead atoms. The summed E-state index contributed by atoms with van der Waals surface area (Å²) in [4.78, 5) is 11.2. The van der Waals surface area contributed by atoms with Gasteiger partial charge in [-0.3, -0.25) is 4.98 Å². The molecule has 296 valence electrons. The first-order valence-corrected chi connectivity index (χ1v) is 21.1. The van der Waals surface area contributed by atoms with Crippen LogP contribution in [0, 0.1) is 0 Å². The standard InChI is InChI=1S/C58H39N5/c1-5-16-40(17-6-1)45-32-46(41-18-7-2-8-19-41)35-49(34-45)50-38-53(51-36-47(42-20-9-3-10-21-42)33-48(37-51)43-22-11-4-12-23-43)58-57(39-50)61-63(62-58)52-29-27-44(28-30-52)54-25-15-26-56(60-54)55-24-13-14-31-59-55/h1-39H. The molecule has 5 nitrogen and oxygen atoms in total. The summed E-state index contributed by atoms with van der Waals surface area (Å²) in [6.07, 6.45) is 1.79. The molecule has 3 aromatic heterocycles. The first-order valence-electron chi connectivity index (χ1n) is 21.1. The van der Waals surface area contributed by atoms with Crippen LogP contribution in [0.5, 0.6) is 0 Å². The molecule has 3 heterocycles. The van der Waals surface area contributed by atoms with Gasteiger partial charge in [0.25, 0.3) is 0 Å². The van der Waals surface area contributed by atoms with Gasteiger partial charge in [-0.2, -0.15) is 4.80 Å². The summed E-state index contributed by atoms with van der Waals surface area (Å²) < 4.78 is 0. The van der Waals surface area contributed by atoms with Crippen LogP contribution in [0.2, 0.25) is 0 Å². The summed E-state index contributed by atoms with van der Waals surface area (Å²) in [5.74, 6) is 0. The Balaban J connectivity index is 1.09. The van der Waals surface area contributed by atoms with Crippen LogP contribution in [0.4, 0.5) is 0 Å². The van der Waals surface area contributed by atoms with E-state index in [-0.39, 0.29) is 0 Å². The number of hydrogen-bond acceptors (Lipinski definition) is 4. The lowest BCUT2D eigenvalue weighted by molar-refractivity contribution is 0.766. The Hall–Kier alpha value is -8.54. The average molecular weight is 806 g/mol. The number of rotatable bonds is 9. The zero-order chi connectivity index (χ0) is 42.0. The molecule has 11 rings (SSSR count). The van der Waals surface area contributed by atoms with Crippen LogP contribution in [-0.4, -0.2) is 25.0 Å². The van der Waals surface area contributed by atoms with Crippen LogP contribution in [0.25, 0.3) is 106 Å². The van der Waals surface area contributed by atoms with Crippen molar-refractivity contribution in [3.8, 4) is 95.1 Å². The molecular weight excluding hydrogens is 767 g/mol. The minimum absolute atomic E-state index is 0.800. The number of nitrogens with zero attached hydrogens (tertiary/aromatic N) is 5. The van der Waals surface area contributed by atoms with Gasteiger partial charge < -0.3 is 0 Å². The lowest BCUT2D eigenvalue weighted by atomic mass is 9.90. The monoisotopic (exact) mass is 805 g/mol. The SMILES string of the molecule is c1ccc(-c2cc(-c3ccccc3)cc(-c3cc(-c4cc(-c5ccccc5)cc(-c5ccccc5)c4)c4nn(-c5ccc(-c6cccc(-c7ccccn7)n6)cc5)nc4c3)c2)cc1. The molecular formula is C58H39N5.